The molecule has 0 spiro atoms. The molecule has 0 radical (unpaired) electrons. The van der Waals surface area contributed by atoms with E-state index >= 15 is 0 Å². The minimum Gasteiger partial charge on any atom is -0.508 e. The van der Waals surface area contributed by atoms with Gasteiger partial charge in [-0.2, -0.15) is 5.10 Å². The van der Waals surface area contributed by atoms with Gasteiger partial charge >= 0.3 is 0 Å². The van der Waals surface area contributed by atoms with E-state index in [9.17, 15) is 9.90 Å². The van der Waals surface area contributed by atoms with Crippen molar-refractivity contribution in [2.45, 2.75) is 6.92 Å². The number of benzene rings is 2. The molecule has 0 aromatic heterocycles. The molecule has 0 atom stereocenters. The molecule has 0 saturated carbocycles. The summed E-state index contributed by atoms with van der Waals surface area (Å²) in [5.74, 6) is 0.426. The summed E-state index contributed by atoms with van der Waals surface area (Å²) in [7, 11) is 0. The van der Waals surface area contributed by atoms with Crippen LogP contribution in [0.5, 0.6) is 11.5 Å². The summed E-state index contributed by atoms with van der Waals surface area (Å²) in [5.41, 5.74) is 4.05. The second-order valence-electron chi connectivity index (χ2n) is 4.71. The fourth-order valence-corrected chi connectivity index (χ4v) is 3.33. The van der Waals surface area contributed by atoms with Gasteiger partial charge in [0.25, 0.3) is 5.91 Å². The largest absolute Gasteiger partial charge is 0.508 e. The Kier molecular flexibility index (Phi) is 6.18. The fourth-order valence-electron chi connectivity index (χ4n) is 1.78. The van der Waals surface area contributed by atoms with Crippen molar-refractivity contribution >= 4 is 44.0 Å². The van der Waals surface area contributed by atoms with Crippen LogP contribution >= 0.6 is 31.9 Å². The van der Waals surface area contributed by atoms with E-state index < -0.39 is 0 Å². The molecule has 0 fully saturated rings. The van der Waals surface area contributed by atoms with Gasteiger partial charge in [0.15, 0.2) is 6.61 Å². The minimum atomic E-state index is -0.366. The molecule has 0 aliphatic heterocycles. The third-order valence-corrected chi connectivity index (χ3v) is 3.88. The Morgan fingerprint density at radius 3 is 2.65 bits per heavy atom. The summed E-state index contributed by atoms with van der Waals surface area (Å²) < 4.78 is 7.21. The molecule has 0 heterocycles. The fraction of sp³-hybridized carbons (Fsp3) is 0.125. The maximum atomic E-state index is 11.7. The molecule has 2 aromatic rings. The molecule has 7 heteroatoms. The predicted molar refractivity (Wildman–Crippen MR) is 95.9 cm³/mol. The van der Waals surface area contributed by atoms with Crippen LogP contribution in [-0.2, 0) is 4.79 Å². The maximum absolute atomic E-state index is 11.7. The molecule has 2 rings (SSSR count). The molecule has 2 aromatic carbocycles. The van der Waals surface area contributed by atoms with E-state index in [-0.39, 0.29) is 18.3 Å². The SMILES string of the molecule is Cc1cc(Br)cc(Br)c1OCC(=O)NN=Cc1ccc(O)cc1. The van der Waals surface area contributed by atoms with Gasteiger partial charge in [0.1, 0.15) is 11.5 Å². The summed E-state index contributed by atoms with van der Waals surface area (Å²) in [6.07, 6.45) is 1.48. The van der Waals surface area contributed by atoms with E-state index in [1.165, 1.54) is 6.21 Å². The molecule has 0 aliphatic rings. The summed E-state index contributed by atoms with van der Waals surface area (Å²) in [6, 6.07) is 10.2. The average Bonchev–Trinajstić information content (AvgIpc) is 2.48. The molecular weight excluding hydrogens is 428 g/mol. The van der Waals surface area contributed by atoms with Gasteiger partial charge < -0.3 is 9.84 Å². The molecule has 0 aliphatic carbocycles. The van der Waals surface area contributed by atoms with E-state index in [1.807, 2.05) is 19.1 Å². The second kappa shape index (κ2) is 8.12. The van der Waals surface area contributed by atoms with Gasteiger partial charge in [0, 0.05) is 4.47 Å². The van der Waals surface area contributed by atoms with Crippen LogP contribution in [0, 0.1) is 6.92 Å². The van der Waals surface area contributed by atoms with Crippen molar-refractivity contribution in [3.63, 3.8) is 0 Å². The molecule has 0 saturated heterocycles. The smallest absolute Gasteiger partial charge is 0.277 e. The van der Waals surface area contributed by atoms with Crippen LogP contribution in [0.1, 0.15) is 11.1 Å². The van der Waals surface area contributed by atoms with Crippen molar-refractivity contribution in [2.75, 3.05) is 6.61 Å². The van der Waals surface area contributed by atoms with Crippen LogP contribution in [0.25, 0.3) is 0 Å². The highest BCUT2D eigenvalue weighted by atomic mass is 79.9. The normalized spacial score (nSPS) is 10.7. The minimum absolute atomic E-state index is 0.145. The zero-order valence-electron chi connectivity index (χ0n) is 12.2. The standard InChI is InChI=1S/C16H14Br2N2O3/c1-10-6-12(17)7-14(18)16(10)23-9-15(22)20-19-8-11-2-4-13(21)5-3-11/h2-8,21H,9H2,1H3,(H,20,22). The number of carbonyl (C=O) groups excluding carboxylic acids is 1. The Balaban J connectivity index is 1.87. The maximum Gasteiger partial charge on any atom is 0.277 e. The molecule has 2 N–H and O–H groups in total. The van der Waals surface area contributed by atoms with Crippen LogP contribution in [-0.4, -0.2) is 23.8 Å². The monoisotopic (exact) mass is 440 g/mol. The van der Waals surface area contributed by atoms with E-state index in [0.717, 1.165) is 20.1 Å². The van der Waals surface area contributed by atoms with Crippen molar-refractivity contribution in [1.82, 2.24) is 5.43 Å². The number of phenols is 1. The van der Waals surface area contributed by atoms with Gasteiger partial charge in [-0.05, 0) is 70.4 Å². The number of carbonyl (C=O) groups is 1. The Hall–Kier alpha value is -1.86. The number of hydrogen-bond donors (Lipinski definition) is 2. The number of halogens is 2. The number of hydrogen-bond acceptors (Lipinski definition) is 4. The lowest BCUT2D eigenvalue weighted by Crippen LogP contribution is -2.24. The van der Waals surface area contributed by atoms with E-state index in [4.69, 9.17) is 4.74 Å². The molecule has 0 bridgehead atoms. The first kappa shape index (κ1) is 17.5. The number of amides is 1. The van der Waals surface area contributed by atoms with Crippen molar-refractivity contribution in [3.8, 4) is 11.5 Å². The first-order valence-corrected chi connectivity index (χ1v) is 8.23. The number of ether oxygens (including phenoxy) is 1. The zero-order chi connectivity index (χ0) is 16.8. The Bertz CT molecular complexity index is 708. The first-order chi connectivity index (χ1) is 11.0. The molecule has 23 heavy (non-hydrogen) atoms. The van der Waals surface area contributed by atoms with Gasteiger partial charge in [-0.15, -0.1) is 0 Å². The molecular formula is C16H14Br2N2O3. The second-order valence-corrected chi connectivity index (χ2v) is 6.48. The highest BCUT2D eigenvalue weighted by Crippen LogP contribution is 2.32. The van der Waals surface area contributed by atoms with Crippen LogP contribution in [0.4, 0.5) is 0 Å². The quantitative estimate of drug-likeness (QED) is 0.548. The summed E-state index contributed by atoms with van der Waals surface area (Å²) in [5, 5.41) is 13.0. The average molecular weight is 442 g/mol. The number of phenolic OH excluding ortho intramolecular Hbond substituents is 1. The van der Waals surface area contributed by atoms with Gasteiger partial charge in [-0.25, -0.2) is 5.43 Å². The Morgan fingerprint density at radius 1 is 1.30 bits per heavy atom. The first-order valence-electron chi connectivity index (χ1n) is 6.65. The van der Waals surface area contributed by atoms with E-state index in [1.54, 1.807) is 24.3 Å². The summed E-state index contributed by atoms with van der Waals surface area (Å²) in [6.45, 7) is 1.75. The van der Waals surface area contributed by atoms with Gasteiger partial charge in [-0.1, -0.05) is 15.9 Å². The van der Waals surface area contributed by atoms with Crippen LogP contribution < -0.4 is 10.2 Å². The van der Waals surface area contributed by atoms with Crippen molar-refractivity contribution in [1.29, 1.82) is 0 Å². The highest BCUT2D eigenvalue weighted by molar-refractivity contribution is 9.11. The zero-order valence-corrected chi connectivity index (χ0v) is 15.4. The number of nitrogens with zero attached hydrogens (tertiary/aromatic N) is 1. The lowest BCUT2D eigenvalue weighted by molar-refractivity contribution is -0.123. The molecule has 5 nitrogen and oxygen atoms in total. The van der Waals surface area contributed by atoms with Crippen molar-refractivity contribution in [3.05, 3.63) is 56.5 Å². The lowest BCUT2D eigenvalue weighted by Gasteiger charge is -2.10. The van der Waals surface area contributed by atoms with Crippen molar-refractivity contribution < 1.29 is 14.6 Å². The van der Waals surface area contributed by atoms with Gasteiger partial charge in [-0.3, -0.25) is 4.79 Å². The predicted octanol–water partition coefficient (Wildman–Crippen LogP) is 3.75. The number of aromatic hydroxyl groups is 1. The van der Waals surface area contributed by atoms with Gasteiger partial charge in [0.2, 0.25) is 0 Å². The number of nitrogens with one attached hydrogen (secondary N) is 1. The molecule has 1 amide bonds. The molecule has 120 valence electrons. The van der Waals surface area contributed by atoms with Crippen LogP contribution in [0.2, 0.25) is 0 Å². The number of aryl methyl sites for hydroxylation is 1. The van der Waals surface area contributed by atoms with Crippen molar-refractivity contribution in [2.24, 2.45) is 5.10 Å². The number of hydrazone groups is 1. The van der Waals surface area contributed by atoms with Gasteiger partial charge in [0.05, 0.1) is 10.7 Å². The third kappa shape index (κ3) is 5.37. The van der Waals surface area contributed by atoms with E-state index in [0.29, 0.717) is 5.75 Å². The number of rotatable bonds is 5. The lowest BCUT2D eigenvalue weighted by atomic mass is 10.2. The third-order valence-electron chi connectivity index (χ3n) is 2.84. The summed E-state index contributed by atoms with van der Waals surface area (Å²) >= 11 is 6.79. The highest BCUT2D eigenvalue weighted by Gasteiger charge is 2.09. The molecule has 0 unspecified atom stereocenters. The van der Waals surface area contributed by atoms with Crippen LogP contribution in [0.3, 0.4) is 0 Å². The Labute approximate surface area is 150 Å². The topological polar surface area (TPSA) is 70.9 Å². The Morgan fingerprint density at radius 2 is 2.00 bits per heavy atom. The summed E-state index contributed by atoms with van der Waals surface area (Å²) in [4.78, 5) is 11.7. The van der Waals surface area contributed by atoms with Crippen LogP contribution in [0.15, 0.2) is 50.4 Å². The van der Waals surface area contributed by atoms with E-state index in [2.05, 4.69) is 42.4 Å².